The maximum absolute atomic E-state index is 10.8. The molecule has 0 aromatic rings. The van der Waals surface area contributed by atoms with E-state index in [9.17, 15) is 4.79 Å². The van der Waals surface area contributed by atoms with Gasteiger partial charge in [-0.15, -0.1) is 0 Å². The first-order valence-corrected chi connectivity index (χ1v) is 3.13. The highest BCUT2D eigenvalue weighted by atomic mass is 16.6. The van der Waals surface area contributed by atoms with Gasteiger partial charge in [-0.3, -0.25) is 5.32 Å². The summed E-state index contributed by atoms with van der Waals surface area (Å²) in [5.74, 6) is -0.655. The first-order valence-electron chi connectivity index (χ1n) is 3.13. The molecule has 0 spiro atoms. The van der Waals surface area contributed by atoms with Crippen LogP contribution in [-0.4, -0.2) is 30.5 Å². The zero-order chi connectivity index (χ0) is 8.20. The van der Waals surface area contributed by atoms with E-state index in [1.165, 1.54) is 14.0 Å². The largest absolute Gasteiger partial charge is 0.463 e. The van der Waals surface area contributed by atoms with Crippen molar-refractivity contribution < 1.29 is 14.6 Å². The van der Waals surface area contributed by atoms with E-state index in [0.717, 1.165) is 0 Å². The molecule has 0 heterocycles. The fourth-order valence-electron chi connectivity index (χ4n) is 0.374. The molecule has 60 valence electrons. The summed E-state index contributed by atoms with van der Waals surface area (Å²) in [5, 5.41) is 11.5. The molecule has 2 N–H and O–H groups in total. The maximum Gasteiger partial charge on any atom is 0.353 e. The van der Waals surface area contributed by atoms with Crippen LogP contribution in [0.2, 0.25) is 0 Å². The van der Waals surface area contributed by atoms with Crippen LogP contribution >= 0.6 is 0 Å². The average Bonchev–Trinajstić information content (AvgIpc) is 1.89. The lowest BCUT2D eigenvalue weighted by atomic mass is 10.3. The monoisotopic (exact) mass is 147 g/mol. The lowest BCUT2D eigenvalue weighted by molar-refractivity contribution is -0.165. The second-order valence-electron chi connectivity index (χ2n) is 2.04. The van der Waals surface area contributed by atoms with E-state index >= 15 is 0 Å². The van der Waals surface area contributed by atoms with Crippen molar-refractivity contribution in [2.24, 2.45) is 0 Å². The fourth-order valence-corrected chi connectivity index (χ4v) is 0.374. The van der Waals surface area contributed by atoms with E-state index in [1.54, 1.807) is 6.92 Å². The van der Waals surface area contributed by atoms with Crippen LogP contribution in [-0.2, 0) is 9.53 Å². The summed E-state index contributed by atoms with van der Waals surface area (Å²) in [7, 11) is 1.48. The molecule has 4 nitrogen and oxygen atoms in total. The first kappa shape index (κ1) is 9.39. The number of carbonyl (C=O) groups is 1. The molecule has 0 saturated carbocycles. The van der Waals surface area contributed by atoms with Gasteiger partial charge in [0.2, 0.25) is 5.72 Å². The van der Waals surface area contributed by atoms with Crippen molar-refractivity contribution in [2.75, 3.05) is 13.7 Å². The number of nitrogens with one attached hydrogen (secondary N) is 1. The Kier molecular flexibility index (Phi) is 3.32. The SMILES string of the molecule is CCOC(=O)C(C)(O)NC. The highest BCUT2D eigenvalue weighted by Crippen LogP contribution is 1.99. The van der Waals surface area contributed by atoms with E-state index in [4.69, 9.17) is 5.11 Å². The van der Waals surface area contributed by atoms with Crippen molar-refractivity contribution in [1.29, 1.82) is 0 Å². The van der Waals surface area contributed by atoms with Crippen molar-refractivity contribution in [1.82, 2.24) is 5.32 Å². The molecule has 0 aliphatic carbocycles. The number of aliphatic hydroxyl groups is 1. The van der Waals surface area contributed by atoms with Gasteiger partial charge in [0, 0.05) is 0 Å². The molecule has 0 radical (unpaired) electrons. The van der Waals surface area contributed by atoms with E-state index in [1.807, 2.05) is 0 Å². The molecule has 0 aliphatic rings. The van der Waals surface area contributed by atoms with Crippen molar-refractivity contribution in [2.45, 2.75) is 19.6 Å². The molecule has 4 heteroatoms. The molecule has 0 aromatic carbocycles. The third-order valence-electron chi connectivity index (χ3n) is 1.16. The van der Waals surface area contributed by atoms with Gasteiger partial charge < -0.3 is 9.84 Å². The van der Waals surface area contributed by atoms with Crippen LogP contribution in [0.1, 0.15) is 13.8 Å². The smallest absolute Gasteiger partial charge is 0.353 e. The molecule has 0 fully saturated rings. The van der Waals surface area contributed by atoms with Crippen LogP contribution in [0.5, 0.6) is 0 Å². The highest BCUT2D eigenvalue weighted by molar-refractivity contribution is 5.78. The van der Waals surface area contributed by atoms with E-state index < -0.39 is 11.7 Å². The summed E-state index contributed by atoms with van der Waals surface area (Å²) < 4.78 is 4.55. The van der Waals surface area contributed by atoms with Gasteiger partial charge in [0.25, 0.3) is 0 Å². The summed E-state index contributed by atoms with van der Waals surface area (Å²) in [5.41, 5.74) is -1.56. The number of rotatable bonds is 3. The third kappa shape index (κ3) is 2.33. The van der Waals surface area contributed by atoms with Gasteiger partial charge in [-0.2, -0.15) is 0 Å². The third-order valence-corrected chi connectivity index (χ3v) is 1.16. The Balaban J connectivity index is 3.91. The zero-order valence-electron chi connectivity index (χ0n) is 6.47. The number of hydrogen-bond acceptors (Lipinski definition) is 4. The minimum Gasteiger partial charge on any atom is -0.463 e. The molecule has 0 saturated heterocycles. The Labute approximate surface area is 60.2 Å². The summed E-state index contributed by atoms with van der Waals surface area (Å²) in [4.78, 5) is 10.8. The van der Waals surface area contributed by atoms with E-state index in [2.05, 4.69) is 10.1 Å². The van der Waals surface area contributed by atoms with Gasteiger partial charge in [-0.1, -0.05) is 0 Å². The standard InChI is InChI=1S/C6H13NO3/c1-4-10-5(8)6(2,9)7-3/h7,9H,4H2,1-3H3. The maximum atomic E-state index is 10.8. The first-order chi connectivity index (χ1) is 4.54. The van der Waals surface area contributed by atoms with Crippen molar-refractivity contribution in [3.05, 3.63) is 0 Å². The lowest BCUT2D eigenvalue weighted by Crippen LogP contribution is -2.48. The molecular formula is C6H13NO3. The quantitative estimate of drug-likeness (QED) is 0.416. The molecule has 0 aliphatic heterocycles. The average molecular weight is 147 g/mol. The summed E-state index contributed by atoms with van der Waals surface area (Å²) >= 11 is 0. The van der Waals surface area contributed by atoms with Gasteiger partial charge in [0.05, 0.1) is 6.61 Å². The number of likely N-dealkylation sites (N-methyl/N-ethyl adjacent to an activating group) is 1. The molecular weight excluding hydrogens is 134 g/mol. The second-order valence-corrected chi connectivity index (χ2v) is 2.04. The predicted octanol–water partition coefficient (Wildman–Crippen LogP) is -0.523. The van der Waals surface area contributed by atoms with Crippen LogP contribution < -0.4 is 5.32 Å². The molecule has 0 amide bonds. The summed E-state index contributed by atoms with van der Waals surface area (Å²) in [6, 6.07) is 0. The second kappa shape index (κ2) is 3.53. The van der Waals surface area contributed by atoms with Crippen LogP contribution in [0.3, 0.4) is 0 Å². The van der Waals surface area contributed by atoms with Gasteiger partial charge in [0.15, 0.2) is 0 Å². The van der Waals surface area contributed by atoms with E-state index in [-0.39, 0.29) is 6.61 Å². The molecule has 0 rings (SSSR count). The Morgan fingerprint density at radius 3 is 2.60 bits per heavy atom. The number of esters is 1. The molecule has 0 bridgehead atoms. The zero-order valence-corrected chi connectivity index (χ0v) is 6.47. The Morgan fingerprint density at radius 1 is 1.80 bits per heavy atom. The molecule has 10 heavy (non-hydrogen) atoms. The van der Waals surface area contributed by atoms with Crippen molar-refractivity contribution in [3.8, 4) is 0 Å². The predicted molar refractivity (Wildman–Crippen MR) is 36.3 cm³/mol. The van der Waals surface area contributed by atoms with Gasteiger partial charge in [0.1, 0.15) is 0 Å². The van der Waals surface area contributed by atoms with Crippen molar-refractivity contribution in [3.63, 3.8) is 0 Å². The Hall–Kier alpha value is -0.610. The van der Waals surface area contributed by atoms with Crippen LogP contribution in [0.25, 0.3) is 0 Å². The minimum atomic E-state index is -1.56. The number of ether oxygens (including phenoxy) is 1. The number of hydrogen-bond donors (Lipinski definition) is 2. The Morgan fingerprint density at radius 2 is 2.30 bits per heavy atom. The van der Waals surface area contributed by atoms with Gasteiger partial charge in [-0.25, -0.2) is 4.79 Å². The summed E-state index contributed by atoms with van der Waals surface area (Å²) in [6.45, 7) is 3.30. The number of carbonyl (C=O) groups excluding carboxylic acids is 1. The highest BCUT2D eigenvalue weighted by Gasteiger charge is 2.29. The molecule has 1 atom stereocenters. The lowest BCUT2D eigenvalue weighted by Gasteiger charge is -2.19. The Bertz CT molecular complexity index is 122. The minimum absolute atomic E-state index is 0.274. The van der Waals surface area contributed by atoms with Crippen LogP contribution in [0, 0.1) is 0 Å². The summed E-state index contributed by atoms with van der Waals surface area (Å²) in [6.07, 6.45) is 0. The van der Waals surface area contributed by atoms with Crippen LogP contribution in [0.4, 0.5) is 0 Å². The van der Waals surface area contributed by atoms with E-state index in [0.29, 0.717) is 0 Å². The van der Waals surface area contributed by atoms with Crippen LogP contribution in [0.15, 0.2) is 0 Å². The normalized spacial score (nSPS) is 16.0. The van der Waals surface area contributed by atoms with Crippen molar-refractivity contribution >= 4 is 5.97 Å². The molecule has 0 aromatic heterocycles. The topological polar surface area (TPSA) is 58.6 Å². The fraction of sp³-hybridized carbons (Fsp3) is 0.833. The van der Waals surface area contributed by atoms with Gasteiger partial charge >= 0.3 is 5.97 Å². The molecule has 1 unspecified atom stereocenters. The van der Waals surface area contributed by atoms with Gasteiger partial charge in [-0.05, 0) is 20.9 Å².